The van der Waals surface area contributed by atoms with Gasteiger partial charge >= 0.3 is 6.03 Å². The van der Waals surface area contributed by atoms with Gasteiger partial charge in [0.1, 0.15) is 11.7 Å². The van der Waals surface area contributed by atoms with Crippen molar-refractivity contribution in [2.45, 2.75) is 32.4 Å². The zero-order valence-corrected chi connectivity index (χ0v) is 20.7. The Bertz CT molecular complexity index is 1370. The normalized spacial score (nSPS) is 20.1. The van der Waals surface area contributed by atoms with Gasteiger partial charge in [0, 0.05) is 48.5 Å². The molecule has 0 spiro atoms. The first kappa shape index (κ1) is 24.5. The van der Waals surface area contributed by atoms with Crippen LogP contribution < -0.4 is 15.5 Å². The third-order valence-electron chi connectivity index (χ3n) is 6.62. The van der Waals surface area contributed by atoms with Crippen LogP contribution in [0.5, 0.6) is 0 Å². The molecule has 3 aliphatic rings. The third kappa shape index (κ3) is 4.79. The van der Waals surface area contributed by atoms with Crippen LogP contribution in [0.2, 0.25) is 5.02 Å². The van der Waals surface area contributed by atoms with E-state index in [1.165, 1.54) is 0 Å². The van der Waals surface area contributed by atoms with Gasteiger partial charge in [0.25, 0.3) is 11.8 Å². The van der Waals surface area contributed by atoms with Gasteiger partial charge in [0.15, 0.2) is 0 Å². The topological polar surface area (TPSA) is 119 Å². The lowest BCUT2D eigenvalue weighted by atomic mass is 10.0. The molecule has 0 bridgehead atoms. The number of aryl methyl sites for hydroxylation is 1. The fourth-order valence-electron chi connectivity index (χ4n) is 4.64. The Morgan fingerprint density at radius 1 is 1.05 bits per heavy atom. The molecule has 1 unspecified atom stereocenters. The van der Waals surface area contributed by atoms with Gasteiger partial charge in [0.05, 0.1) is 0 Å². The van der Waals surface area contributed by atoms with Crippen LogP contribution in [0.15, 0.2) is 54.2 Å². The SMILES string of the molecule is Cc1ccc(N2CCN(Cc3cccc(NC4=CC(=O)N(C5CCC(=O)NC5=O)C4=O)c3)C2=O)cc1Cl. The molecule has 0 aliphatic carbocycles. The lowest BCUT2D eigenvalue weighted by Crippen LogP contribution is -2.54. The maximum atomic E-state index is 13.0. The number of amides is 6. The molecule has 2 saturated heterocycles. The molecule has 3 heterocycles. The molecular formula is C26H24ClN5O5. The standard InChI is InChI=1S/C26H24ClN5O5/c1-15-5-6-18(12-19(15)27)31-10-9-30(26(31)37)14-16-3-2-4-17(11-16)28-20-13-23(34)32(25(20)36)21-7-8-22(33)29-24(21)35/h2-6,11-13,21,28H,7-10,14H2,1H3,(H,29,33,35). The molecule has 11 heteroatoms. The van der Waals surface area contributed by atoms with Crippen LogP contribution in [0.25, 0.3) is 0 Å². The largest absolute Gasteiger partial charge is 0.351 e. The lowest BCUT2D eigenvalue weighted by Gasteiger charge is -2.28. The Balaban J connectivity index is 1.24. The van der Waals surface area contributed by atoms with Crippen LogP contribution in [-0.2, 0) is 25.7 Å². The van der Waals surface area contributed by atoms with E-state index < -0.39 is 29.7 Å². The van der Waals surface area contributed by atoms with E-state index in [0.717, 1.165) is 27.8 Å². The number of benzene rings is 2. The van der Waals surface area contributed by atoms with Crippen LogP contribution in [0, 0.1) is 6.92 Å². The summed E-state index contributed by atoms with van der Waals surface area (Å²) < 4.78 is 0. The second-order valence-corrected chi connectivity index (χ2v) is 9.56. The number of hydrogen-bond acceptors (Lipinski definition) is 6. The number of imide groups is 2. The van der Waals surface area contributed by atoms with Gasteiger partial charge in [0.2, 0.25) is 11.8 Å². The van der Waals surface area contributed by atoms with Crippen LogP contribution in [0.3, 0.4) is 0 Å². The summed E-state index contributed by atoms with van der Waals surface area (Å²) in [5.74, 6) is -2.33. The first-order valence-corrected chi connectivity index (χ1v) is 12.2. The van der Waals surface area contributed by atoms with E-state index in [9.17, 15) is 24.0 Å². The molecule has 190 valence electrons. The van der Waals surface area contributed by atoms with E-state index in [0.29, 0.717) is 30.3 Å². The van der Waals surface area contributed by atoms with Crippen molar-refractivity contribution < 1.29 is 24.0 Å². The minimum Gasteiger partial charge on any atom is -0.351 e. The second-order valence-electron chi connectivity index (χ2n) is 9.15. The van der Waals surface area contributed by atoms with Crippen LogP contribution >= 0.6 is 11.6 Å². The van der Waals surface area contributed by atoms with Gasteiger partial charge in [-0.25, -0.2) is 4.79 Å². The fourth-order valence-corrected chi connectivity index (χ4v) is 4.81. The summed E-state index contributed by atoms with van der Waals surface area (Å²) in [6.45, 7) is 3.35. The quantitative estimate of drug-likeness (QED) is 0.564. The van der Waals surface area contributed by atoms with Crippen molar-refractivity contribution in [3.05, 3.63) is 70.4 Å². The number of rotatable bonds is 6. The van der Waals surface area contributed by atoms with Gasteiger partial charge in [-0.05, 0) is 48.7 Å². The summed E-state index contributed by atoms with van der Waals surface area (Å²) in [5, 5.41) is 5.73. The van der Waals surface area contributed by atoms with Gasteiger partial charge < -0.3 is 10.2 Å². The maximum absolute atomic E-state index is 13.0. The highest BCUT2D eigenvalue weighted by Crippen LogP contribution is 2.28. The molecule has 37 heavy (non-hydrogen) atoms. The van der Waals surface area contributed by atoms with E-state index in [1.807, 2.05) is 25.1 Å². The molecule has 0 radical (unpaired) electrons. The van der Waals surface area contributed by atoms with E-state index in [1.54, 1.807) is 34.1 Å². The highest BCUT2D eigenvalue weighted by atomic mass is 35.5. The average molecular weight is 522 g/mol. The van der Waals surface area contributed by atoms with Crippen molar-refractivity contribution >= 4 is 52.6 Å². The van der Waals surface area contributed by atoms with Crippen LogP contribution in [-0.4, -0.2) is 58.6 Å². The fraction of sp³-hybridized carbons (Fsp3) is 0.269. The zero-order chi connectivity index (χ0) is 26.3. The van der Waals surface area contributed by atoms with E-state index in [4.69, 9.17) is 11.6 Å². The monoisotopic (exact) mass is 521 g/mol. The van der Waals surface area contributed by atoms with Gasteiger partial charge in [-0.2, -0.15) is 0 Å². The Morgan fingerprint density at radius 2 is 1.86 bits per heavy atom. The summed E-state index contributed by atoms with van der Waals surface area (Å²) in [4.78, 5) is 66.3. The Morgan fingerprint density at radius 3 is 2.62 bits per heavy atom. The number of urea groups is 1. The Kier molecular flexibility index (Phi) is 6.43. The van der Waals surface area contributed by atoms with Gasteiger partial charge in [-0.15, -0.1) is 0 Å². The van der Waals surface area contributed by atoms with Gasteiger partial charge in [-0.3, -0.25) is 34.3 Å². The highest BCUT2D eigenvalue weighted by Gasteiger charge is 2.42. The summed E-state index contributed by atoms with van der Waals surface area (Å²) in [6.07, 6.45) is 1.30. The van der Waals surface area contributed by atoms with Crippen molar-refractivity contribution in [1.29, 1.82) is 0 Å². The molecule has 10 nitrogen and oxygen atoms in total. The summed E-state index contributed by atoms with van der Waals surface area (Å²) in [6, 6.07) is 11.6. The number of carbonyl (C=O) groups is 5. The molecule has 2 aromatic rings. The number of halogens is 1. The molecule has 2 aromatic carbocycles. The first-order valence-electron chi connectivity index (χ1n) is 11.8. The van der Waals surface area contributed by atoms with Crippen molar-refractivity contribution in [3.63, 3.8) is 0 Å². The second kappa shape index (κ2) is 9.70. The van der Waals surface area contributed by atoms with E-state index in [2.05, 4.69) is 10.6 Å². The number of anilines is 2. The highest BCUT2D eigenvalue weighted by molar-refractivity contribution is 6.31. The summed E-state index contributed by atoms with van der Waals surface area (Å²) in [7, 11) is 0. The predicted molar refractivity (Wildman–Crippen MR) is 136 cm³/mol. The smallest absolute Gasteiger partial charge is 0.324 e. The predicted octanol–water partition coefficient (Wildman–Crippen LogP) is 2.56. The molecule has 3 aliphatic heterocycles. The molecule has 5 rings (SSSR count). The molecule has 0 saturated carbocycles. The Hall–Kier alpha value is -4.18. The average Bonchev–Trinajstić information content (AvgIpc) is 3.34. The van der Waals surface area contributed by atoms with E-state index in [-0.39, 0.29) is 24.6 Å². The minimum absolute atomic E-state index is 0.0338. The van der Waals surface area contributed by atoms with Crippen molar-refractivity contribution in [3.8, 4) is 0 Å². The number of piperidine rings is 1. The molecule has 2 N–H and O–H groups in total. The summed E-state index contributed by atoms with van der Waals surface area (Å²) >= 11 is 6.23. The molecule has 2 fully saturated rings. The maximum Gasteiger partial charge on any atom is 0.324 e. The Labute approximate surface area is 217 Å². The zero-order valence-electron chi connectivity index (χ0n) is 20.0. The third-order valence-corrected chi connectivity index (χ3v) is 7.02. The lowest BCUT2D eigenvalue weighted by molar-refractivity contribution is -0.149. The first-order chi connectivity index (χ1) is 17.7. The minimum atomic E-state index is -1.02. The van der Waals surface area contributed by atoms with Crippen LogP contribution in [0.4, 0.5) is 16.2 Å². The number of nitrogens with one attached hydrogen (secondary N) is 2. The number of hydrogen-bond donors (Lipinski definition) is 2. The van der Waals surface area contributed by atoms with Gasteiger partial charge in [-0.1, -0.05) is 29.8 Å². The summed E-state index contributed by atoms with van der Waals surface area (Å²) in [5.41, 5.74) is 3.11. The molecule has 1 atom stereocenters. The van der Waals surface area contributed by atoms with Crippen molar-refractivity contribution in [2.24, 2.45) is 0 Å². The van der Waals surface area contributed by atoms with Crippen molar-refractivity contribution in [1.82, 2.24) is 15.1 Å². The molecule has 0 aromatic heterocycles. The van der Waals surface area contributed by atoms with E-state index >= 15 is 0 Å². The molecule has 6 amide bonds. The van der Waals surface area contributed by atoms with Crippen molar-refractivity contribution in [2.75, 3.05) is 23.3 Å². The number of carbonyl (C=O) groups excluding carboxylic acids is 5. The number of nitrogens with zero attached hydrogens (tertiary/aromatic N) is 3. The van der Waals surface area contributed by atoms with Crippen LogP contribution in [0.1, 0.15) is 24.0 Å². The molecular weight excluding hydrogens is 498 g/mol.